The largest absolute Gasteiger partial charge is 0.357 e. The van der Waals surface area contributed by atoms with Crippen LogP contribution in [0.25, 0.3) is 0 Å². The van der Waals surface area contributed by atoms with Crippen LogP contribution in [0.5, 0.6) is 0 Å². The predicted molar refractivity (Wildman–Crippen MR) is 136 cm³/mol. The minimum Gasteiger partial charge on any atom is -0.357 e. The molecule has 6 nitrogen and oxygen atoms in total. The molecule has 0 bridgehead atoms. The van der Waals surface area contributed by atoms with Gasteiger partial charge in [0.05, 0.1) is 0 Å². The number of aliphatic imine (C=N–C) groups is 2. The highest BCUT2D eigenvalue weighted by Crippen LogP contribution is 2.59. The van der Waals surface area contributed by atoms with Crippen molar-refractivity contribution >= 4 is 12.6 Å². The fourth-order valence-corrected chi connectivity index (χ4v) is 6.55. The summed E-state index contributed by atoms with van der Waals surface area (Å²) >= 11 is 0. The van der Waals surface area contributed by atoms with E-state index in [0.717, 1.165) is 43.8 Å². The number of likely N-dealkylation sites (N-methyl/N-ethyl adjacent to an activating group) is 1. The third kappa shape index (κ3) is 4.77. The molecule has 32 heavy (non-hydrogen) atoms. The normalized spacial score (nSPS) is 30.8. The molecule has 3 saturated heterocycles. The average molecular weight is 443 g/mol. The molecule has 3 heterocycles. The second-order valence-electron chi connectivity index (χ2n) is 10.6. The first-order valence-electron chi connectivity index (χ1n) is 13.2. The van der Waals surface area contributed by atoms with Crippen molar-refractivity contribution in [2.45, 2.75) is 71.4 Å². The zero-order valence-corrected chi connectivity index (χ0v) is 21.1. The fraction of sp³-hybridized carbons (Fsp3) is 0.846. The molecule has 0 radical (unpaired) electrons. The van der Waals surface area contributed by atoms with Gasteiger partial charge in [-0.15, -0.1) is 0 Å². The van der Waals surface area contributed by atoms with E-state index in [1.165, 1.54) is 64.7 Å². The van der Waals surface area contributed by atoms with E-state index in [2.05, 4.69) is 63.1 Å². The van der Waals surface area contributed by atoms with E-state index in [1.54, 1.807) is 0 Å². The van der Waals surface area contributed by atoms with Gasteiger partial charge in [0.15, 0.2) is 0 Å². The molecule has 180 valence electrons. The van der Waals surface area contributed by atoms with E-state index in [4.69, 9.17) is 0 Å². The minimum absolute atomic E-state index is 0.471. The number of hydrogen-bond acceptors (Lipinski definition) is 5. The molecule has 4 rings (SSSR count). The molecule has 0 aromatic carbocycles. The first-order chi connectivity index (χ1) is 15.5. The topological polar surface area (TPSA) is 37.7 Å². The van der Waals surface area contributed by atoms with Crippen LogP contribution in [0.1, 0.15) is 59.3 Å². The van der Waals surface area contributed by atoms with Gasteiger partial charge in [-0.05, 0) is 89.7 Å². The molecule has 0 N–H and O–H groups in total. The van der Waals surface area contributed by atoms with E-state index in [9.17, 15) is 0 Å². The predicted octanol–water partition coefficient (Wildman–Crippen LogP) is 3.56. The maximum absolute atomic E-state index is 4.67. The van der Waals surface area contributed by atoms with E-state index < -0.39 is 0 Å². The zero-order valence-electron chi connectivity index (χ0n) is 21.1. The first kappa shape index (κ1) is 23.7. The van der Waals surface area contributed by atoms with Gasteiger partial charge in [0, 0.05) is 51.4 Å². The molecule has 3 unspecified atom stereocenters. The molecule has 3 atom stereocenters. The molecule has 1 spiro atoms. The molecular weight excluding hydrogens is 396 g/mol. The van der Waals surface area contributed by atoms with Crippen LogP contribution in [0.2, 0.25) is 0 Å². The van der Waals surface area contributed by atoms with Gasteiger partial charge < -0.3 is 14.7 Å². The van der Waals surface area contributed by atoms with Crippen molar-refractivity contribution in [3.05, 3.63) is 11.9 Å². The van der Waals surface area contributed by atoms with Crippen molar-refractivity contribution in [1.82, 2.24) is 19.6 Å². The summed E-state index contributed by atoms with van der Waals surface area (Å²) in [7, 11) is 1.92. The molecule has 1 saturated carbocycles. The monoisotopic (exact) mass is 442 g/mol. The highest BCUT2D eigenvalue weighted by molar-refractivity contribution is 5.93. The molecule has 0 amide bonds. The van der Waals surface area contributed by atoms with Gasteiger partial charge in [0.2, 0.25) is 0 Å². The maximum atomic E-state index is 4.67. The summed E-state index contributed by atoms with van der Waals surface area (Å²) in [5.74, 6) is 3.00. The van der Waals surface area contributed by atoms with Gasteiger partial charge in [0.25, 0.3) is 0 Å². The number of hydrogen-bond donors (Lipinski definition) is 0. The van der Waals surface area contributed by atoms with Crippen LogP contribution in [0.3, 0.4) is 0 Å². The lowest BCUT2D eigenvalue weighted by Crippen LogP contribution is -2.64. The molecule has 6 heteroatoms. The summed E-state index contributed by atoms with van der Waals surface area (Å²) in [4.78, 5) is 19.3. The van der Waals surface area contributed by atoms with Gasteiger partial charge in [-0.1, -0.05) is 13.8 Å². The third-order valence-corrected chi connectivity index (χ3v) is 8.88. The number of amidine groups is 1. The van der Waals surface area contributed by atoms with E-state index in [0.29, 0.717) is 17.5 Å². The SMILES string of the molecule is C=N/C(=C\C(=NC)N1CCC2(CC1)CC2CN1CCCC1)N1CC(N(CC)CCC)C1C. The lowest BCUT2D eigenvalue weighted by atomic mass is 9.90. The lowest BCUT2D eigenvalue weighted by Gasteiger charge is -2.52. The summed E-state index contributed by atoms with van der Waals surface area (Å²) in [6.45, 7) is 20.4. The zero-order chi connectivity index (χ0) is 22.7. The Morgan fingerprint density at radius 3 is 2.44 bits per heavy atom. The molecule has 0 aromatic heterocycles. The number of nitrogens with zero attached hydrogens (tertiary/aromatic N) is 6. The van der Waals surface area contributed by atoms with Crippen LogP contribution in [0, 0.1) is 11.3 Å². The van der Waals surface area contributed by atoms with Crippen LogP contribution in [0.4, 0.5) is 0 Å². The van der Waals surface area contributed by atoms with Gasteiger partial charge in [-0.2, -0.15) is 0 Å². The standard InChI is InChI=1S/C26H46N6/c1-6-12-30(7-2)23-20-32(21(23)3)25(28-5)17-24(27-4)31-15-10-26(11-16-31)18-22(26)19-29-13-8-9-14-29/h17,21-23H,5-16,18-20H2,1-4H3/b25-17+,27-24?. The molecule has 4 aliphatic rings. The van der Waals surface area contributed by atoms with Crippen LogP contribution in [-0.4, -0.2) is 104 Å². The Bertz CT molecular complexity index is 701. The minimum atomic E-state index is 0.471. The first-order valence-corrected chi connectivity index (χ1v) is 13.2. The summed E-state index contributed by atoms with van der Waals surface area (Å²) in [6, 6.07) is 1.09. The molecule has 3 aliphatic heterocycles. The van der Waals surface area contributed by atoms with Crippen LogP contribution >= 0.6 is 0 Å². The average Bonchev–Trinajstić information content (AvgIpc) is 3.19. The van der Waals surface area contributed by atoms with Crippen molar-refractivity contribution in [3.63, 3.8) is 0 Å². The van der Waals surface area contributed by atoms with E-state index >= 15 is 0 Å². The van der Waals surface area contributed by atoms with Crippen molar-refractivity contribution < 1.29 is 0 Å². The Morgan fingerprint density at radius 2 is 1.88 bits per heavy atom. The van der Waals surface area contributed by atoms with Crippen LogP contribution < -0.4 is 0 Å². The van der Waals surface area contributed by atoms with Gasteiger partial charge in [-0.3, -0.25) is 9.89 Å². The van der Waals surface area contributed by atoms with E-state index in [1.807, 2.05) is 7.05 Å². The van der Waals surface area contributed by atoms with E-state index in [-0.39, 0.29) is 0 Å². The summed E-state index contributed by atoms with van der Waals surface area (Å²) < 4.78 is 0. The highest BCUT2D eigenvalue weighted by Gasteiger charge is 2.55. The van der Waals surface area contributed by atoms with Crippen molar-refractivity contribution in [3.8, 4) is 0 Å². The second-order valence-corrected chi connectivity index (χ2v) is 10.6. The highest BCUT2D eigenvalue weighted by atomic mass is 15.4. The summed E-state index contributed by atoms with van der Waals surface area (Å²) in [5, 5.41) is 0. The number of piperidine rings is 1. The van der Waals surface area contributed by atoms with Crippen molar-refractivity contribution in [1.29, 1.82) is 0 Å². The quantitative estimate of drug-likeness (QED) is 0.404. The summed E-state index contributed by atoms with van der Waals surface area (Å²) in [6.07, 6.45) is 10.3. The fourth-order valence-electron chi connectivity index (χ4n) is 6.55. The number of likely N-dealkylation sites (tertiary alicyclic amines) is 3. The molecular formula is C26H46N6. The van der Waals surface area contributed by atoms with Gasteiger partial charge in [-0.25, -0.2) is 4.99 Å². The van der Waals surface area contributed by atoms with Crippen LogP contribution in [0.15, 0.2) is 21.9 Å². The third-order valence-electron chi connectivity index (χ3n) is 8.88. The smallest absolute Gasteiger partial charge is 0.131 e. The lowest BCUT2D eigenvalue weighted by molar-refractivity contribution is 0.00564. The van der Waals surface area contributed by atoms with Crippen molar-refractivity contribution in [2.75, 3.05) is 59.4 Å². The van der Waals surface area contributed by atoms with Crippen LogP contribution in [-0.2, 0) is 0 Å². The molecule has 1 aliphatic carbocycles. The Labute approximate surface area is 196 Å². The Kier molecular flexibility index (Phi) is 7.61. The summed E-state index contributed by atoms with van der Waals surface area (Å²) in [5.41, 5.74) is 0.628. The second kappa shape index (κ2) is 10.3. The van der Waals surface area contributed by atoms with Gasteiger partial charge in [0.1, 0.15) is 11.7 Å². The Balaban J connectivity index is 1.31. The maximum Gasteiger partial charge on any atom is 0.131 e. The molecule has 4 fully saturated rings. The van der Waals surface area contributed by atoms with Crippen molar-refractivity contribution in [2.24, 2.45) is 21.3 Å². The molecule has 0 aromatic rings. The Morgan fingerprint density at radius 1 is 1.16 bits per heavy atom. The van der Waals surface area contributed by atoms with Gasteiger partial charge >= 0.3 is 0 Å². The number of rotatable bonds is 9. The Hall–Kier alpha value is -1.40.